The van der Waals surface area contributed by atoms with Crippen LogP contribution in [0, 0.1) is 20.8 Å². The molecule has 1 aromatic heterocycles. The summed E-state index contributed by atoms with van der Waals surface area (Å²) < 4.78 is 5.13. The number of aryl methyl sites for hydroxylation is 3. The number of nitrogens with one attached hydrogen (secondary N) is 2. The zero-order valence-electron chi connectivity index (χ0n) is 16.1. The maximum absolute atomic E-state index is 12.5. The van der Waals surface area contributed by atoms with Crippen molar-refractivity contribution in [2.75, 3.05) is 17.7 Å². The summed E-state index contributed by atoms with van der Waals surface area (Å²) >= 11 is 6.12. The van der Waals surface area contributed by atoms with Crippen molar-refractivity contribution in [3.8, 4) is 5.75 Å². The van der Waals surface area contributed by atoms with Crippen LogP contribution in [0.15, 0.2) is 42.7 Å². The van der Waals surface area contributed by atoms with Crippen LogP contribution in [0.2, 0.25) is 5.02 Å². The number of anilines is 3. The van der Waals surface area contributed by atoms with Crippen molar-refractivity contribution in [2.45, 2.75) is 20.8 Å². The van der Waals surface area contributed by atoms with Gasteiger partial charge in [0.2, 0.25) is 0 Å². The standard InChI is InChI=1S/C21H21ClN4O2/c1-12-7-13(2)20(14(3)8-12)26-21(27)17-10-24-19(11-23-17)25-15-5-6-18(28-4)16(22)9-15/h5-11H,1-4H3,(H,24,25)(H,26,27). The van der Waals surface area contributed by atoms with E-state index in [4.69, 9.17) is 16.3 Å². The van der Waals surface area contributed by atoms with Gasteiger partial charge in [-0.3, -0.25) is 4.79 Å². The molecule has 28 heavy (non-hydrogen) atoms. The Kier molecular flexibility index (Phi) is 5.80. The van der Waals surface area contributed by atoms with E-state index in [1.807, 2.05) is 39.0 Å². The Hall–Kier alpha value is -3.12. The van der Waals surface area contributed by atoms with E-state index in [1.54, 1.807) is 19.2 Å². The Labute approximate surface area is 168 Å². The maximum Gasteiger partial charge on any atom is 0.275 e. The van der Waals surface area contributed by atoms with E-state index in [0.717, 1.165) is 28.1 Å². The highest BCUT2D eigenvalue weighted by atomic mass is 35.5. The Balaban J connectivity index is 1.72. The predicted molar refractivity (Wildman–Crippen MR) is 112 cm³/mol. The van der Waals surface area contributed by atoms with Gasteiger partial charge in [0.05, 0.1) is 24.5 Å². The lowest BCUT2D eigenvalue weighted by atomic mass is 10.1. The molecule has 6 nitrogen and oxygen atoms in total. The molecule has 0 radical (unpaired) electrons. The number of hydrogen-bond acceptors (Lipinski definition) is 5. The molecule has 0 unspecified atom stereocenters. The molecule has 0 aliphatic heterocycles. The summed E-state index contributed by atoms with van der Waals surface area (Å²) in [5.41, 5.74) is 4.94. The van der Waals surface area contributed by atoms with Crippen LogP contribution in [0.3, 0.4) is 0 Å². The molecule has 0 saturated heterocycles. The number of carbonyl (C=O) groups excluding carboxylic acids is 1. The molecule has 2 N–H and O–H groups in total. The molecule has 1 amide bonds. The third-order valence-electron chi connectivity index (χ3n) is 4.22. The quantitative estimate of drug-likeness (QED) is 0.630. The number of rotatable bonds is 5. The molecule has 0 aliphatic carbocycles. The summed E-state index contributed by atoms with van der Waals surface area (Å²) in [6.45, 7) is 5.96. The molecule has 0 bridgehead atoms. The smallest absolute Gasteiger partial charge is 0.275 e. The third kappa shape index (κ3) is 4.40. The fourth-order valence-corrected chi connectivity index (χ4v) is 3.21. The van der Waals surface area contributed by atoms with E-state index in [-0.39, 0.29) is 11.6 Å². The SMILES string of the molecule is COc1ccc(Nc2cnc(C(=O)Nc3c(C)cc(C)cc3C)cn2)cc1Cl. The first-order chi connectivity index (χ1) is 13.4. The first kappa shape index (κ1) is 19.6. The van der Waals surface area contributed by atoms with E-state index < -0.39 is 0 Å². The molecule has 0 atom stereocenters. The van der Waals surface area contributed by atoms with Gasteiger partial charge in [0.25, 0.3) is 5.91 Å². The molecule has 7 heteroatoms. The number of hydrogen-bond donors (Lipinski definition) is 2. The molecule has 2 aromatic carbocycles. The number of methoxy groups -OCH3 is 1. The van der Waals surface area contributed by atoms with Gasteiger partial charge >= 0.3 is 0 Å². The summed E-state index contributed by atoms with van der Waals surface area (Å²) in [5.74, 6) is 0.786. The van der Waals surface area contributed by atoms with Crippen LogP contribution in [-0.4, -0.2) is 23.0 Å². The van der Waals surface area contributed by atoms with Crippen LogP contribution < -0.4 is 15.4 Å². The molecule has 3 aromatic rings. The first-order valence-electron chi connectivity index (χ1n) is 8.69. The molecular formula is C21H21ClN4O2. The van der Waals surface area contributed by atoms with Gasteiger partial charge in [-0.1, -0.05) is 29.3 Å². The monoisotopic (exact) mass is 396 g/mol. The van der Waals surface area contributed by atoms with Crippen molar-refractivity contribution in [3.05, 3.63) is 70.1 Å². The molecule has 144 valence electrons. The summed E-state index contributed by atoms with van der Waals surface area (Å²) in [4.78, 5) is 21.0. The van der Waals surface area contributed by atoms with Gasteiger partial charge in [-0.05, 0) is 50.1 Å². The lowest BCUT2D eigenvalue weighted by Crippen LogP contribution is -2.16. The average molecular weight is 397 g/mol. The fraction of sp³-hybridized carbons (Fsp3) is 0.190. The van der Waals surface area contributed by atoms with E-state index in [2.05, 4.69) is 20.6 Å². The second-order valence-corrected chi connectivity index (χ2v) is 6.90. The molecule has 0 spiro atoms. The highest BCUT2D eigenvalue weighted by Gasteiger charge is 2.12. The van der Waals surface area contributed by atoms with Crippen molar-refractivity contribution in [1.29, 1.82) is 0 Å². The van der Waals surface area contributed by atoms with Gasteiger partial charge in [0.15, 0.2) is 0 Å². The fourth-order valence-electron chi connectivity index (χ4n) is 2.96. The van der Waals surface area contributed by atoms with E-state index in [1.165, 1.54) is 12.4 Å². The summed E-state index contributed by atoms with van der Waals surface area (Å²) in [6, 6.07) is 9.36. The molecule has 0 saturated carbocycles. The molecular weight excluding hydrogens is 376 g/mol. The van der Waals surface area contributed by atoms with Crippen molar-refractivity contribution in [3.63, 3.8) is 0 Å². The highest BCUT2D eigenvalue weighted by Crippen LogP contribution is 2.28. The maximum atomic E-state index is 12.5. The number of amides is 1. The number of aromatic nitrogens is 2. The lowest BCUT2D eigenvalue weighted by molar-refractivity contribution is 0.102. The minimum absolute atomic E-state index is 0.234. The Morgan fingerprint density at radius 3 is 2.32 bits per heavy atom. The van der Waals surface area contributed by atoms with Crippen LogP contribution in [-0.2, 0) is 0 Å². The lowest BCUT2D eigenvalue weighted by Gasteiger charge is -2.13. The van der Waals surface area contributed by atoms with Crippen molar-refractivity contribution >= 4 is 34.7 Å². The minimum atomic E-state index is -0.304. The van der Waals surface area contributed by atoms with E-state index in [9.17, 15) is 4.79 Å². The molecule has 3 rings (SSSR count). The number of nitrogens with zero attached hydrogens (tertiary/aromatic N) is 2. The Morgan fingerprint density at radius 1 is 1.04 bits per heavy atom. The van der Waals surface area contributed by atoms with Crippen molar-refractivity contribution < 1.29 is 9.53 Å². The van der Waals surface area contributed by atoms with Gasteiger partial charge in [-0.15, -0.1) is 0 Å². The second-order valence-electron chi connectivity index (χ2n) is 6.49. The van der Waals surface area contributed by atoms with Gasteiger partial charge in [0.1, 0.15) is 17.3 Å². The van der Waals surface area contributed by atoms with Crippen molar-refractivity contribution in [2.24, 2.45) is 0 Å². The average Bonchev–Trinajstić information content (AvgIpc) is 2.65. The van der Waals surface area contributed by atoms with Crippen LogP contribution in [0.5, 0.6) is 5.75 Å². The number of carbonyl (C=O) groups is 1. The van der Waals surface area contributed by atoms with Crippen LogP contribution in [0.25, 0.3) is 0 Å². The zero-order chi connectivity index (χ0) is 20.3. The Bertz CT molecular complexity index is 996. The minimum Gasteiger partial charge on any atom is -0.495 e. The molecule has 0 aliphatic rings. The van der Waals surface area contributed by atoms with Crippen LogP contribution in [0.4, 0.5) is 17.2 Å². The van der Waals surface area contributed by atoms with E-state index >= 15 is 0 Å². The molecule has 1 heterocycles. The number of halogens is 1. The predicted octanol–water partition coefficient (Wildman–Crippen LogP) is 5.06. The van der Waals surface area contributed by atoms with Crippen LogP contribution >= 0.6 is 11.6 Å². The van der Waals surface area contributed by atoms with Crippen molar-refractivity contribution in [1.82, 2.24) is 9.97 Å². The summed E-state index contributed by atoms with van der Waals surface area (Å²) in [6.07, 6.45) is 2.93. The summed E-state index contributed by atoms with van der Waals surface area (Å²) in [5, 5.41) is 6.50. The number of ether oxygens (including phenoxy) is 1. The molecule has 0 fully saturated rings. The second kappa shape index (κ2) is 8.27. The first-order valence-corrected chi connectivity index (χ1v) is 9.07. The van der Waals surface area contributed by atoms with Crippen LogP contribution in [0.1, 0.15) is 27.2 Å². The van der Waals surface area contributed by atoms with E-state index in [0.29, 0.717) is 16.6 Å². The third-order valence-corrected chi connectivity index (χ3v) is 4.52. The van der Waals surface area contributed by atoms with Gasteiger partial charge in [-0.25, -0.2) is 9.97 Å². The van der Waals surface area contributed by atoms with Gasteiger partial charge < -0.3 is 15.4 Å². The summed E-state index contributed by atoms with van der Waals surface area (Å²) in [7, 11) is 1.56. The van der Waals surface area contributed by atoms with Gasteiger partial charge in [-0.2, -0.15) is 0 Å². The Morgan fingerprint density at radius 2 is 1.75 bits per heavy atom. The largest absolute Gasteiger partial charge is 0.495 e. The normalized spacial score (nSPS) is 10.5. The topological polar surface area (TPSA) is 76.1 Å². The van der Waals surface area contributed by atoms with Gasteiger partial charge in [0, 0.05) is 11.4 Å². The highest BCUT2D eigenvalue weighted by molar-refractivity contribution is 6.32. The number of benzene rings is 2. The zero-order valence-corrected chi connectivity index (χ0v) is 16.9.